The largest absolute Gasteiger partial charge is 0.486 e. The summed E-state index contributed by atoms with van der Waals surface area (Å²) in [5.41, 5.74) is 1.37. The Kier molecular flexibility index (Phi) is 2.11. The molecule has 4 heteroatoms. The van der Waals surface area contributed by atoms with Gasteiger partial charge in [0, 0.05) is 17.0 Å². The van der Waals surface area contributed by atoms with Crippen LogP contribution >= 0.6 is 11.6 Å². The van der Waals surface area contributed by atoms with E-state index >= 15 is 0 Å². The van der Waals surface area contributed by atoms with Crippen LogP contribution in [0.15, 0.2) is 23.4 Å². The minimum absolute atomic E-state index is 0.123. The highest BCUT2D eigenvalue weighted by atomic mass is 35.5. The molecule has 0 unspecified atom stereocenters. The molecule has 0 atom stereocenters. The molecule has 1 N–H and O–H groups in total. The van der Waals surface area contributed by atoms with Crippen molar-refractivity contribution in [1.29, 1.82) is 0 Å². The fourth-order valence-corrected chi connectivity index (χ4v) is 2.60. The topological polar surface area (TPSA) is 41.8 Å². The van der Waals surface area contributed by atoms with Gasteiger partial charge in [-0.1, -0.05) is 16.8 Å². The number of hydrogen-bond donors (Lipinski definition) is 1. The summed E-state index contributed by atoms with van der Waals surface area (Å²) in [6, 6.07) is 5.44. The van der Waals surface area contributed by atoms with Gasteiger partial charge in [0.2, 0.25) is 0 Å². The molecule has 1 spiro atoms. The highest BCUT2D eigenvalue weighted by molar-refractivity contribution is 6.31. The van der Waals surface area contributed by atoms with E-state index < -0.39 is 0 Å². The molecular weight excluding hydrogens is 226 g/mol. The molecule has 1 fully saturated rings. The molecule has 1 saturated carbocycles. The van der Waals surface area contributed by atoms with Crippen LogP contribution in [0.3, 0.4) is 0 Å². The molecule has 84 valence electrons. The van der Waals surface area contributed by atoms with Gasteiger partial charge in [-0.2, -0.15) is 0 Å². The predicted molar refractivity (Wildman–Crippen MR) is 61.6 cm³/mol. The van der Waals surface area contributed by atoms with E-state index in [1.807, 2.05) is 6.07 Å². The van der Waals surface area contributed by atoms with Crippen molar-refractivity contribution in [2.75, 3.05) is 0 Å². The van der Waals surface area contributed by atoms with Crippen molar-refractivity contribution < 1.29 is 9.94 Å². The summed E-state index contributed by atoms with van der Waals surface area (Å²) in [4.78, 5) is 0. The van der Waals surface area contributed by atoms with Gasteiger partial charge in [-0.3, -0.25) is 0 Å². The Morgan fingerprint density at radius 1 is 1.38 bits per heavy atom. The quantitative estimate of drug-likeness (QED) is 0.556. The number of nitrogens with zero attached hydrogens (tertiary/aromatic N) is 1. The van der Waals surface area contributed by atoms with E-state index in [-0.39, 0.29) is 5.60 Å². The molecular formula is C12H12ClNO2. The number of rotatable bonds is 0. The van der Waals surface area contributed by atoms with E-state index in [1.54, 1.807) is 12.1 Å². The molecule has 1 aliphatic carbocycles. The third-order valence-corrected chi connectivity index (χ3v) is 3.69. The molecule has 1 aliphatic heterocycles. The lowest BCUT2D eigenvalue weighted by atomic mass is 9.74. The van der Waals surface area contributed by atoms with Crippen LogP contribution in [0.5, 0.6) is 5.75 Å². The van der Waals surface area contributed by atoms with Crippen LogP contribution < -0.4 is 4.74 Å². The van der Waals surface area contributed by atoms with Crippen LogP contribution in [0.25, 0.3) is 0 Å². The Labute approximate surface area is 98.7 Å². The van der Waals surface area contributed by atoms with Crippen molar-refractivity contribution in [3.63, 3.8) is 0 Å². The van der Waals surface area contributed by atoms with Crippen molar-refractivity contribution >= 4 is 17.3 Å². The average molecular weight is 238 g/mol. The summed E-state index contributed by atoms with van der Waals surface area (Å²) < 4.78 is 5.99. The fourth-order valence-electron chi connectivity index (χ4n) is 2.43. The first-order valence-electron chi connectivity index (χ1n) is 5.42. The molecule has 3 nitrogen and oxygen atoms in total. The first-order valence-corrected chi connectivity index (χ1v) is 5.80. The number of benzene rings is 1. The number of halogens is 1. The normalized spacial score (nSPS) is 23.7. The van der Waals surface area contributed by atoms with Crippen molar-refractivity contribution in [1.82, 2.24) is 0 Å². The van der Waals surface area contributed by atoms with Crippen molar-refractivity contribution in [2.45, 2.75) is 31.3 Å². The van der Waals surface area contributed by atoms with Gasteiger partial charge in [0.15, 0.2) is 0 Å². The van der Waals surface area contributed by atoms with Crippen LogP contribution in [0.2, 0.25) is 5.02 Å². The maximum Gasteiger partial charge on any atom is 0.129 e. The maximum atomic E-state index is 9.07. The zero-order valence-corrected chi connectivity index (χ0v) is 9.50. The second-order valence-electron chi connectivity index (χ2n) is 4.50. The van der Waals surface area contributed by atoms with E-state index in [2.05, 4.69) is 5.16 Å². The van der Waals surface area contributed by atoms with E-state index in [1.165, 1.54) is 6.42 Å². The molecule has 0 amide bonds. The minimum atomic E-state index is -0.123. The van der Waals surface area contributed by atoms with Gasteiger partial charge in [-0.05, 0) is 37.5 Å². The van der Waals surface area contributed by atoms with Crippen molar-refractivity contribution in [2.24, 2.45) is 5.16 Å². The zero-order valence-electron chi connectivity index (χ0n) is 8.74. The third kappa shape index (κ3) is 1.39. The first-order chi connectivity index (χ1) is 7.72. The van der Waals surface area contributed by atoms with Crippen molar-refractivity contribution in [3.05, 3.63) is 28.8 Å². The third-order valence-electron chi connectivity index (χ3n) is 3.45. The first kappa shape index (κ1) is 9.97. The molecule has 16 heavy (non-hydrogen) atoms. The molecule has 1 aromatic rings. The van der Waals surface area contributed by atoms with Gasteiger partial charge in [-0.25, -0.2) is 0 Å². The van der Waals surface area contributed by atoms with E-state index in [9.17, 15) is 0 Å². The number of hydrogen-bond acceptors (Lipinski definition) is 3. The smallest absolute Gasteiger partial charge is 0.129 e. The summed E-state index contributed by atoms with van der Waals surface area (Å²) in [6.07, 6.45) is 3.93. The molecule has 0 radical (unpaired) electrons. The van der Waals surface area contributed by atoms with Crippen LogP contribution in [0.1, 0.15) is 31.2 Å². The Bertz CT molecular complexity index is 466. The van der Waals surface area contributed by atoms with Gasteiger partial charge in [-0.15, -0.1) is 0 Å². The molecule has 2 aliphatic rings. The Morgan fingerprint density at radius 3 is 2.81 bits per heavy atom. The summed E-state index contributed by atoms with van der Waals surface area (Å²) in [5, 5.41) is 13.1. The van der Waals surface area contributed by atoms with Crippen LogP contribution in [0, 0.1) is 0 Å². The van der Waals surface area contributed by atoms with Crippen LogP contribution in [-0.2, 0) is 0 Å². The summed E-state index contributed by atoms with van der Waals surface area (Å²) >= 11 is 5.93. The molecule has 0 bridgehead atoms. The lowest BCUT2D eigenvalue weighted by Gasteiger charge is -2.45. The lowest BCUT2D eigenvalue weighted by molar-refractivity contribution is -0.00544. The highest BCUT2D eigenvalue weighted by Crippen LogP contribution is 2.45. The summed E-state index contributed by atoms with van der Waals surface area (Å²) in [6.45, 7) is 0. The molecule has 3 rings (SSSR count). The fraction of sp³-hybridized carbons (Fsp3) is 0.417. The second-order valence-corrected chi connectivity index (χ2v) is 4.94. The maximum absolute atomic E-state index is 9.07. The molecule has 1 heterocycles. The summed E-state index contributed by atoms with van der Waals surface area (Å²) in [7, 11) is 0. The van der Waals surface area contributed by atoms with Crippen LogP contribution in [-0.4, -0.2) is 16.5 Å². The SMILES string of the molecule is ON=C1CC2(CCC2)Oc2ccc(Cl)cc21. The Morgan fingerprint density at radius 2 is 2.19 bits per heavy atom. The van der Waals surface area contributed by atoms with Gasteiger partial charge in [0.1, 0.15) is 11.4 Å². The standard InChI is InChI=1S/C12H12ClNO2/c13-8-2-3-11-9(6-8)10(14-15)7-12(16-11)4-1-5-12/h2-3,6,15H,1,4-5,7H2. The van der Waals surface area contributed by atoms with Gasteiger partial charge < -0.3 is 9.94 Å². The van der Waals surface area contributed by atoms with E-state index in [0.717, 1.165) is 24.2 Å². The lowest BCUT2D eigenvalue weighted by Crippen LogP contribution is -2.47. The number of oxime groups is 1. The zero-order chi connectivity index (χ0) is 11.2. The number of ether oxygens (including phenoxy) is 1. The Hall–Kier alpha value is -1.22. The van der Waals surface area contributed by atoms with Crippen molar-refractivity contribution in [3.8, 4) is 5.75 Å². The van der Waals surface area contributed by atoms with Crippen LogP contribution in [0.4, 0.5) is 0 Å². The molecule has 0 saturated heterocycles. The van der Waals surface area contributed by atoms with Gasteiger partial charge in [0.25, 0.3) is 0 Å². The van der Waals surface area contributed by atoms with Gasteiger partial charge >= 0.3 is 0 Å². The summed E-state index contributed by atoms with van der Waals surface area (Å²) in [5.74, 6) is 0.781. The number of fused-ring (bicyclic) bond motifs is 1. The molecule has 0 aromatic heterocycles. The van der Waals surface area contributed by atoms with Gasteiger partial charge in [0.05, 0.1) is 5.71 Å². The van der Waals surface area contributed by atoms with E-state index in [0.29, 0.717) is 17.2 Å². The minimum Gasteiger partial charge on any atom is -0.486 e. The van der Waals surface area contributed by atoms with E-state index in [4.69, 9.17) is 21.5 Å². The molecule has 1 aromatic carbocycles. The second kappa shape index (κ2) is 3.39. The average Bonchev–Trinajstić information content (AvgIpc) is 2.25. The predicted octanol–water partition coefficient (Wildman–Crippen LogP) is 3.22. The monoisotopic (exact) mass is 237 g/mol. The Balaban J connectivity index is 2.08. The highest BCUT2D eigenvalue weighted by Gasteiger charge is 2.44.